The van der Waals surface area contributed by atoms with E-state index in [9.17, 15) is 9.90 Å². The number of hydrazone groups is 1. The summed E-state index contributed by atoms with van der Waals surface area (Å²) in [5.41, 5.74) is 4.08. The first-order chi connectivity index (χ1) is 11.5. The summed E-state index contributed by atoms with van der Waals surface area (Å²) < 4.78 is 7.12. The second kappa shape index (κ2) is 8.84. The molecule has 126 valence electrons. The fourth-order valence-corrected chi connectivity index (χ4v) is 3.40. The zero-order valence-corrected chi connectivity index (χ0v) is 16.1. The number of ether oxygens (including phenoxy) is 1. The van der Waals surface area contributed by atoms with Gasteiger partial charge in [0.2, 0.25) is 5.91 Å². The van der Waals surface area contributed by atoms with Crippen LogP contribution in [-0.4, -0.2) is 23.8 Å². The quantitative estimate of drug-likeness (QED) is 0.510. The highest BCUT2D eigenvalue weighted by molar-refractivity contribution is 9.11. The summed E-state index contributed by atoms with van der Waals surface area (Å²) in [7, 11) is 0. The van der Waals surface area contributed by atoms with E-state index >= 15 is 0 Å². The van der Waals surface area contributed by atoms with Crippen LogP contribution in [-0.2, 0) is 11.2 Å². The minimum absolute atomic E-state index is 0.170. The van der Waals surface area contributed by atoms with Crippen molar-refractivity contribution in [2.75, 3.05) is 6.61 Å². The van der Waals surface area contributed by atoms with Crippen LogP contribution in [0.15, 0.2) is 50.4 Å². The van der Waals surface area contributed by atoms with E-state index in [1.807, 2.05) is 19.1 Å². The van der Waals surface area contributed by atoms with Gasteiger partial charge < -0.3 is 9.84 Å². The number of nitrogens with one attached hydrogen (secondary N) is 1. The number of rotatable bonds is 6. The topological polar surface area (TPSA) is 70.9 Å². The standard InChI is InChI=1S/C17H16Br2N2O3/c1-2-24-17-14(18)7-12(8-15(17)19)10-20-21-16(23)9-11-3-5-13(22)6-4-11/h3-8,10,22H,2,9H2,1H3,(H,21,23)/b20-10-. The lowest BCUT2D eigenvalue weighted by molar-refractivity contribution is -0.120. The molecule has 5 nitrogen and oxygen atoms in total. The lowest BCUT2D eigenvalue weighted by Gasteiger charge is -2.09. The first-order valence-corrected chi connectivity index (χ1v) is 8.80. The molecule has 7 heteroatoms. The molecule has 0 aliphatic carbocycles. The minimum atomic E-state index is -0.235. The lowest BCUT2D eigenvalue weighted by Crippen LogP contribution is -2.19. The second-order valence-electron chi connectivity index (χ2n) is 4.88. The van der Waals surface area contributed by atoms with E-state index in [-0.39, 0.29) is 18.1 Å². The van der Waals surface area contributed by atoms with E-state index in [0.717, 1.165) is 25.8 Å². The number of hydrogen-bond acceptors (Lipinski definition) is 4. The molecule has 0 aromatic heterocycles. The van der Waals surface area contributed by atoms with Crippen LogP contribution in [0, 0.1) is 0 Å². The number of benzene rings is 2. The number of amides is 1. The van der Waals surface area contributed by atoms with Gasteiger partial charge in [0.25, 0.3) is 0 Å². The number of halogens is 2. The van der Waals surface area contributed by atoms with Gasteiger partial charge in [-0.25, -0.2) is 5.43 Å². The van der Waals surface area contributed by atoms with Gasteiger partial charge in [0.15, 0.2) is 0 Å². The Balaban J connectivity index is 1.96. The molecule has 2 aromatic carbocycles. The van der Waals surface area contributed by atoms with E-state index in [1.54, 1.807) is 30.5 Å². The van der Waals surface area contributed by atoms with Gasteiger partial charge >= 0.3 is 0 Å². The molecule has 0 aliphatic heterocycles. The molecule has 2 aromatic rings. The van der Waals surface area contributed by atoms with Crippen LogP contribution < -0.4 is 10.2 Å². The minimum Gasteiger partial charge on any atom is -0.508 e. The highest BCUT2D eigenvalue weighted by Gasteiger charge is 2.08. The predicted molar refractivity (Wildman–Crippen MR) is 101 cm³/mol. The molecule has 0 atom stereocenters. The number of phenols is 1. The fraction of sp³-hybridized carbons (Fsp3) is 0.176. The van der Waals surface area contributed by atoms with Crippen molar-refractivity contribution >= 4 is 44.0 Å². The van der Waals surface area contributed by atoms with Crippen molar-refractivity contribution in [2.45, 2.75) is 13.3 Å². The summed E-state index contributed by atoms with van der Waals surface area (Å²) in [6, 6.07) is 10.2. The summed E-state index contributed by atoms with van der Waals surface area (Å²) in [6.45, 7) is 2.48. The van der Waals surface area contributed by atoms with Crippen LogP contribution in [0.25, 0.3) is 0 Å². The Kier molecular flexibility index (Phi) is 6.81. The van der Waals surface area contributed by atoms with Gasteiger partial charge in [-0.2, -0.15) is 5.10 Å². The second-order valence-corrected chi connectivity index (χ2v) is 6.59. The van der Waals surface area contributed by atoms with Crippen LogP contribution >= 0.6 is 31.9 Å². The van der Waals surface area contributed by atoms with Crippen molar-refractivity contribution in [1.82, 2.24) is 5.43 Å². The molecule has 0 fully saturated rings. The van der Waals surface area contributed by atoms with Gasteiger partial charge in [0.05, 0.1) is 28.2 Å². The lowest BCUT2D eigenvalue weighted by atomic mass is 10.1. The van der Waals surface area contributed by atoms with Crippen molar-refractivity contribution in [3.63, 3.8) is 0 Å². The Labute approximate surface area is 157 Å². The van der Waals surface area contributed by atoms with Crippen LogP contribution in [0.5, 0.6) is 11.5 Å². The van der Waals surface area contributed by atoms with Crippen LogP contribution in [0.2, 0.25) is 0 Å². The van der Waals surface area contributed by atoms with Crippen molar-refractivity contribution in [1.29, 1.82) is 0 Å². The molecular weight excluding hydrogens is 440 g/mol. The third-order valence-electron chi connectivity index (χ3n) is 3.01. The van der Waals surface area contributed by atoms with Crippen LogP contribution in [0.1, 0.15) is 18.1 Å². The molecule has 0 heterocycles. The number of phenolic OH excluding ortho intramolecular Hbond substituents is 1. The molecule has 0 saturated heterocycles. The zero-order valence-electron chi connectivity index (χ0n) is 12.9. The van der Waals surface area contributed by atoms with Crippen LogP contribution in [0.3, 0.4) is 0 Å². The molecule has 0 aliphatic rings. The van der Waals surface area contributed by atoms with Gasteiger partial charge in [-0.3, -0.25) is 4.79 Å². The summed E-state index contributed by atoms with van der Waals surface area (Å²) in [4.78, 5) is 11.8. The maximum atomic E-state index is 11.8. The Bertz CT molecular complexity index is 723. The Morgan fingerprint density at radius 1 is 1.25 bits per heavy atom. The maximum Gasteiger partial charge on any atom is 0.244 e. The van der Waals surface area contributed by atoms with Crippen molar-refractivity contribution in [2.24, 2.45) is 5.10 Å². The Hall–Kier alpha value is -1.86. The molecule has 0 saturated carbocycles. The van der Waals surface area contributed by atoms with Crippen molar-refractivity contribution in [3.05, 3.63) is 56.5 Å². The third kappa shape index (κ3) is 5.35. The maximum absolute atomic E-state index is 11.8. The van der Waals surface area contributed by atoms with Gasteiger partial charge in [-0.15, -0.1) is 0 Å². The van der Waals surface area contributed by atoms with E-state index in [4.69, 9.17) is 4.74 Å². The average Bonchev–Trinajstić information content (AvgIpc) is 2.53. The molecular formula is C17H16Br2N2O3. The largest absolute Gasteiger partial charge is 0.508 e. The molecule has 1 amide bonds. The number of aromatic hydroxyl groups is 1. The van der Waals surface area contributed by atoms with Crippen LogP contribution in [0.4, 0.5) is 0 Å². The van der Waals surface area contributed by atoms with Crippen molar-refractivity contribution in [3.8, 4) is 11.5 Å². The molecule has 0 bridgehead atoms. The highest BCUT2D eigenvalue weighted by atomic mass is 79.9. The number of carbonyl (C=O) groups is 1. The summed E-state index contributed by atoms with van der Waals surface area (Å²) >= 11 is 6.89. The van der Waals surface area contributed by atoms with E-state index in [0.29, 0.717) is 6.61 Å². The normalized spacial score (nSPS) is 10.8. The first-order valence-electron chi connectivity index (χ1n) is 7.21. The molecule has 2 N–H and O–H groups in total. The molecule has 2 rings (SSSR count). The number of hydrogen-bond donors (Lipinski definition) is 2. The summed E-state index contributed by atoms with van der Waals surface area (Å²) in [5.74, 6) is 0.663. The number of nitrogens with zero attached hydrogens (tertiary/aromatic N) is 1. The molecule has 0 spiro atoms. The van der Waals surface area contributed by atoms with E-state index in [2.05, 4.69) is 42.4 Å². The predicted octanol–water partition coefficient (Wildman–Crippen LogP) is 4.01. The fourth-order valence-electron chi connectivity index (χ4n) is 1.95. The number of carbonyl (C=O) groups excluding carboxylic acids is 1. The smallest absolute Gasteiger partial charge is 0.244 e. The molecule has 0 radical (unpaired) electrons. The SMILES string of the molecule is CCOc1c(Br)cc(/C=N\NC(=O)Cc2ccc(O)cc2)cc1Br. The average molecular weight is 456 g/mol. The monoisotopic (exact) mass is 454 g/mol. The highest BCUT2D eigenvalue weighted by Crippen LogP contribution is 2.34. The van der Waals surface area contributed by atoms with Gasteiger partial charge in [-0.1, -0.05) is 12.1 Å². The molecule has 0 unspecified atom stereocenters. The Morgan fingerprint density at radius 3 is 2.46 bits per heavy atom. The third-order valence-corrected chi connectivity index (χ3v) is 4.19. The zero-order chi connectivity index (χ0) is 17.5. The van der Waals surface area contributed by atoms with E-state index < -0.39 is 0 Å². The summed E-state index contributed by atoms with van der Waals surface area (Å²) in [5, 5.41) is 13.2. The molecule has 24 heavy (non-hydrogen) atoms. The first kappa shape index (κ1) is 18.5. The van der Waals surface area contributed by atoms with Crippen molar-refractivity contribution < 1.29 is 14.6 Å². The Morgan fingerprint density at radius 2 is 1.88 bits per heavy atom. The summed E-state index contributed by atoms with van der Waals surface area (Å²) in [6.07, 6.45) is 1.74. The van der Waals surface area contributed by atoms with E-state index in [1.165, 1.54) is 0 Å². The van der Waals surface area contributed by atoms with Gasteiger partial charge in [0.1, 0.15) is 11.5 Å². The van der Waals surface area contributed by atoms with Gasteiger partial charge in [-0.05, 0) is 74.2 Å². The van der Waals surface area contributed by atoms with Gasteiger partial charge in [0, 0.05) is 0 Å².